The second-order valence-electron chi connectivity index (χ2n) is 6.96. The van der Waals surface area contributed by atoms with Gasteiger partial charge in [0, 0.05) is 41.4 Å². The van der Waals surface area contributed by atoms with Crippen molar-refractivity contribution in [2.75, 3.05) is 18.5 Å². The first-order valence-electron chi connectivity index (χ1n) is 9.72. The first kappa shape index (κ1) is 21.0. The summed E-state index contributed by atoms with van der Waals surface area (Å²) in [6.45, 7) is -0.282. The molecule has 0 unspecified atom stereocenters. The number of carbonyl (C=O) groups excluding carboxylic acids is 1. The van der Waals surface area contributed by atoms with Gasteiger partial charge in [0.25, 0.3) is 5.69 Å². The highest BCUT2D eigenvalue weighted by atomic mass is 16.6. The maximum atomic E-state index is 12.8. The number of nitrogens with zero attached hydrogens (tertiary/aromatic N) is 1. The van der Waals surface area contributed by atoms with Crippen molar-refractivity contribution in [3.8, 4) is 0 Å². The maximum Gasteiger partial charge on any atom is 0.340 e. The number of benzene rings is 3. The van der Waals surface area contributed by atoms with Crippen molar-refractivity contribution in [2.24, 2.45) is 0 Å². The molecule has 162 valence electrons. The van der Waals surface area contributed by atoms with E-state index in [1.807, 2.05) is 30.3 Å². The molecule has 2 N–H and O–H groups in total. The first-order chi connectivity index (χ1) is 15.5. The van der Waals surface area contributed by atoms with Gasteiger partial charge in [-0.05, 0) is 22.9 Å². The second-order valence-corrected chi connectivity index (χ2v) is 6.96. The van der Waals surface area contributed by atoms with Crippen LogP contribution in [0.2, 0.25) is 0 Å². The number of carbonyl (C=O) groups is 1. The van der Waals surface area contributed by atoms with Gasteiger partial charge < -0.3 is 19.6 Å². The fourth-order valence-corrected chi connectivity index (χ4v) is 3.51. The van der Waals surface area contributed by atoms with Crippen LogP contribution in [0.5, 0.6) is 0 Å². The number of nitrogens with one attached hydrogen (secondary N) is 1. The average molecular weight is 434 g/mol. The third-order valence-electron chi connectivity index (χ3n) is 4.93. The molecule has 1 aromatic heterocycles. The van der Waals surface area contributed by atoms with Crippen LogP contribution in [0, 0.1) is 10.1 Å². The van der Waals surface area contributed by atoms with E-state index in [1.165, 1.54) is 18.2 Å². The fourth-order valence-electron chi connectivity index (χ4n) is 3.51. The number of fused-ring (bicyclic) bond motifs is 3. The van der Waals surface area contributed by atoms with E-state index in [0.29, 0.717) is 16.5 Å². The van der Waals surface area contributed by atoms with Crippen LogP contribution in [0.15, 0.2) is 69.9 Å². The van der Waals surface area contributed by atoms with Crippen LogP contribution in [-0.4, -0.2) is 29.2 Å². The summed E-state index contributed by atoms with van der Waals surface area (Å²) in [6.07, 6.45) is 0. The second kappa shape index (κ2) is 8.86. The third kappa shape index (κ3) is 4.14. The summed E-state index contributed by atoms with van der Waals surface area (Å²) in [5, 5.41) is 25.4. The van der Waals surface area contributed by atoms with E-state index < -0.39 is 16.5 Å². The number of esters is 1. The van der Waals surface area contributed by atoms with Gasteiger partial charge in [0.15, 0.2) is 0 Å². The summed E-state index contributed by atoms with van der Waals surface area (Å²) in [6, 6.07) is 16.0. The molecule has 4 aromatic rings. The molecule has 0 bridgehead atoms. The Balaban J connectivity index is 1.70. The third-order valence-corrected chi connectivity index (χ3v) is 4.93. The number of nitro groups is 1. The smallest absolute Gasteiger partial charge is 0.340 e. The van der Waals surface area contributed by atoms with Gasteiger partial charge in [0.2, 0.25) is 0 Å². The maximum absolute atomic E-state index is 12.8. The van der Waals surface area contributed by atoms with Gasteiger partial charge in [-0.1, -0.05) is 30.3 Å². The highest BCUT2D eigenvalue weighted by molar-refractivity contribution is 6.07. The van der Waals surface area contributed by atoms with Crippen LogP contribution in [0.25, 0.3) is 21.7 Å². The lowest BCUT2D eigenvalue weighted by molar-refractivity contribution is -0.384. The molecule has 4 rings (SSSR count). The van der Waals surface area contributed by atoms with E-state index in [2.05, 4.69) is 5.32 Å². The predicted molar refractivity (Wildman–Crippen MR) is 118 cm³/mol. The Hall–Kier alpha value is -4.24. The van der Waals surface area contributed by atoms with Crippen molar-refractivity contribution < 1.29 is 24.0 Å². The molecule has 0 saturated carbocycles. The largest absolute Gasteiger partial charge is 0.457 e. The Labute approximate surface area is 181 Å². The van der Waals surface area contributed by atoms with E-state index in [1.54, 1.807) is 6.07 Å². The summed E-state index contributed by atoms with van der Waals surface area (Å²) in [5.41, 5.74) is 0.199. The molecule has 0 aliphatic heterocycles. The van der Waals surface area contributed by atoms with Crippen molar-refractivity contribution in [1.82, 2.24) is 0 Å². The van der Waals surface area contributed by atoms with Gasteiger partial charge in [0.1, 0.15) is 12.2 Å². The Bertz CT molecular complexity index is 1390. The number of aliphatic hydroxyl groups excluding tert-OH is 1. The Kier molecular flexibility index (Phi) is 5.82. The number of anilines is 1. The molecule has 0 aliphatic carbocycles. The summed E-state index contributed by atoms with van der Waals surface area (Å²) in [7, 11) is 0. The van der Waals surface area contributed by atoms with E-state index in [0.717, 1.165) is 16.8 Å². The van der Waals surface area contributed by atoms with Gasteiger partial charge in [-0.15, -0.1) is 0 Å². The standard InChI is InChI=1S/C23H18N2O7/c26-10-9-24-19-7-6-16(25(29)30)12-18(19)23(28)31-13-15-11-21(27)32-20-8-5-14-3-1-2-4-17(14)22(15)20/h1-8,11-12,24,26H,9-10,13H2. The van der Waals surface area contributed by atoms with Gasteiger partial charge in [-0.25, -0.2) is 9.59 Å². The monoisotopic (exact) mass is 434 g/mol. The quantitative estimate of drug-likeness (QED) is 0.148. The predicted octanol–water partition coefficient (Wildman–Crippen LogP) is 3.62. The van der Waals surface area contributed by atoms with Crippen LogP contribution in [0.1, 0.15) is 15.9 Å². The van der Waals surface area contributed by atoms with Crippen molar-refractivity contribution in [2.45, 2.75) is 6.61 Å². The molecule has 9 heteroatoms. The van der Waals surface area contributed by atoms with Crippen LogP contribution in [-0.2, 0) is 11.3 Å². The van der Waals surface area contributed by atoms with E-state index >= 15 is 0 Å². The Morgan fingerprint density at radius 1 is 1.12 bits per heavy atom. The lowest BCUT2D eigenvalue weighted by atomic mass is 10.0. The highest BCUT2D eigenvalue weighted by Gasteiger charge is 2.19. The number of non-ortho nitro benzene ring substituents is 1. The number of ether oxygens (including phenoxy) is 1. The van der Waals surface area contributed by atoms with E-state index in [-0.39, 0.29) is 36.7 Å². The zero-order chi connectivity index (χ0) is 22.7. The zero-order valence-corrected chi connectivity index (χ0v) is 16.7. The van der Waals surface area contributed by atoms with Crippen LogP contribution in [0.3, 0.4) is 0 Å². The van der Waals surface area contributed by atoms with Crippen molar-refractivity contribution in [3.63, 3.8) is 0 Å². The average Bonchev–Trinajstić information content (AvgIpc) is 2.80. The Morgan fingerprint density at radius 2 is 1.94 bits per heavy atom. The molecule has 0 saturated heterocycles. The molecule has 1 heterocycles. The number of rotatable bonds is 7. The van der Waals surface area contributed by atoms with Gasteiger partial charge >= 0.3 is 11.6 Å². The fraction of sp³-hybridized carbons (Fsp3) is 0.130. The summed E-state index contributed by atoms with van der Waals surface area (Å²) in [4.78, 5) is 35.4. The topological polar surface area (TPSA) is 132 Å². The lowest BCUT2D eigenvalue weighted by Gasteiger charge is -2.12. The number of aliphatic hydroxyl groups is 1. The molecular formula is C23H18N2O7. The molecule has 0 amide bonds. The molecule has 0 fully saturated rings. The summed E-state index contributed by atoms with van der Waals surface area (Å²) in [5.74, 6) is -0.809. The van der Waals surface area contributed by atoms with Gasteiger partial charge in [0.05, 0.1) is 17.1 Å². The van der Waals surface area contributed by atoms with Crippen LogP contribution < -0.4 is 10.9 Å². The van der Waals surface area contributed by atoms with Crippen LogP contribution >= 0.6 is 0 Å². The van der Waals surface area contributed by atoms with E-state index in [4.69, 9.17) is 14.3 Å². The Morgan fingerprint density at radius 3 is 2.72 bits per heavy atom. The minimum atomic E-state index is -0.809. The van der Waals surface area contributed by atoms with Gasteiger partial charge in [-0.2, -0.15) is 0 Å². The number of nitro benzene ring substituents is 1. The molecule has 0 radical (unpaired) electrons. The number of hydrogen-bond donors (Lipinski definition) is 2. The molecule has 0 spiro atoms. The minimum Gasteiger partial charge on any atom is -0.457 e. The first-order valence-corrected chi connectivity index (χ1v) is 9.72. The van der Waals surface area contributed by atoms with Crippen LogP contribution in [0.4, 0.5) is 11.4 Å². The molecule has 3 aromatic carbocycles. The number of hydrogen-bond acceptors (Lipinski definition) is 8. The van der Waals surface area contributed by atoms with Crippen molar-refractivity contribution in [3.05, 3.63) is 92.3 Å². The normalized spacial score (nSPS) is 10.9. The van der Waals surface area contributed by atoms with Gasteiger partial charge in [-0.3, -0.25) is 10.1 Å². The lowest BCUT2D eigenvalue weighted by Crippen LogP contribution is -2.13. The minimum absolute atomic E-state index is 0.0511. The zero-order valence-electron chi connectivity index (χ0n) is 16.7. The molecule has 9 nitrogen and oxygen atoms in total. The highest BCUT2D eigenvalue weighted by Crippen LogP contribution is 2.28. The summed E-state index contributed by atoms with van der Waals surface area (Å²) < 4.78 is 10.7. The molecule has 0 aliphatic rings. The molecular weight excluding hydrogens is 416 g/mol. The summed E-state index contributed by atoms with van der Waals surface area (Å²) >= 11 is 0. The SMILES string of the molecule is O=C(OCc1cc(=O)oc2ccc3ccccc3c12)c1cc([N+](=O)[O-])ccc1NCCO. The van der Waals surface area contributed by atoms with E-state index in [9.17, 15) is 19.7 Å². The molecule has 0 atom stereocenters. The van der Waals surface area contributed by atoms with Crippen molar-refractivity contribution in [1.29, 1.82) is 0 Å². The molecule has 32 heavy (non-hydrogen) atoms. The van der Waals surface area contributed by atoms with Crippen molar-refractivity contribution >= 4 is 39.1 Å².